The Morgan fingerprint density at radius 1 is 1.17 bits per heavy atom. The summed E-state index contributed by atoms with van der Waals surface area (Å²) in [6.45, 7) is 1.88. The molecule has 29 heavy (non-hydrogen) atoms. The average molecular weight is 415 g/mol. The van der Waals surface area contributed by atoms with Gasteiger partial charge in [0, 0.05) is 12.3 Å². The van der Waals surface area contributed by atoms with Gasteiger partial charge in [0.05, 0.1) is 11.7 Å². The van der Waals surface area contributed by atoms with Crippen molar-refractivity contribution in [1.29, 1.82) is 0 Å². The van der Waals surface area contributed by atoms with Crippen LogP contribution in [0.15, 0.2) is 0 Å². The molecule has 0 heterocycles. The van der Waals surface area contributed by atoms with Gasteiger partial charge in [-0.15, -0.1) is 0 Å². The van der Waals surface area contributed by atoms with E-state index in [4.69, 9.17) is 5.11 Å². The van der Waals surface area contributed by atoms with Crippen LogP contribution in [0.3, 0.4) is 0 Å². The zero-order valence-corrected chi connectivity index (χ0v) is 17.8. The van der Waals surface area contributed by atoms with E-state index in [-0.39, 0.29) is 30.5 Å². The minimum atomic E-state index is -1.82. The standard InChI is InChI=1S/C23H39FO5/c1-23(29,15-16-8-4-2-5-9-16)13-12-18-17(20(25)14-21(18)26)10-6-3-7-11-19(24)22(27)28/h16-19,21,26,29H,2-15H2,1H3,(H,27,28)/t17-,18-,19?,21-,23?/m1/s1. The molecule has 0 aliphatic heterocycles. The Bertz CT molecular complexity index is 529. The third kappa shape index (κ3) is 7.97. The number of aliphatic hydroxyl groups excluding tert-OH is 1. The molecule has 0 amide bonds. The van der Waals surface area contributed by atoms with Gasteiger partial charge in [0.2, 0.25) is 0 Å². The van der Waals surface area contributed by atoms with Gasteiger partial charge >= 0.3 is 5.97 Å². The Hall–Kier alpha value is -1.01. The number of aliphatic carboxylic acids is 1. The van der Waals surface area contributed by atoms with Crippen molar-refractivity contribution in [3.8, 4) is 0 Å². The monoisotopic (exact) mass is 414 g/mol. The van der Waals surface area contributed by atoms with Crippen molar-refractivity contribution >= 4 is 11.8 Å². The predicted molar refractivity (Wildman–Crippen MR) is 109 cm³/mol. The number of halogens is 1. The van der Waals surface area contributed by atoms with Gasteiger partial charge in [0.25, 0.3) is 0 Å². The molecule has 6 heteroatoms. The highest BCUT2D eigenvalue weighted by Crippen LogP contribution is 2.39. The van der Waals surface area contributed by atoms with Crippen LogP contribution in [0.5, 0.6) is 0 Å². The van der Waals surface area contributed by atoms with Gasteiger partial charge in [-0.3, -0.25) is 4.79 Å². The number of hydrogen-bond donors (Lipinski definition) is 3. The number of hydrogen-bond acceptors (Lipinski definition) is 4. The number of carbonyl (C=O) groups is 2. The highest BCUT2D eigenvalue weighted by atomic mass is 19.1. The van der Waals surface area contributed by atoms with Crippen molar-refractivity contribution in [2.45, 2.75) is 115 Å². The molecule has 2 aliphatic rings. The van der Waals surface area contributed by atoms with Crippen LogP contribution < -0.4 is 0 Å². The molecule has 2 aliphatic carbocycles. The lowest BCUT2D eigenvalue weighted by Crippen LogP contribution is -2.31. The molecule has 5 atom stereocenters. The third-order valence-electron chi connectivity index (χ3n) is 7.05. The van der Waals surface area contributed by atoms with Crippen LogP contribution in [-0.4, -0.2) is 44.9 Å². The van der Waals surface area contributed by atoms with Crippen LogP contribution >= 0.6 is 0 Å². The van der Waals surface area contributed by atoms with Crippen LogP contribution in [0.25, 0.3) is 0 Å². The first kappa shape index (κ1) is 24.3. The second kappa shape index (κ2) is 11.4. The molecule has 2 rings (SSSR count). The van der Waals surface area contributed by atoms with Crippen LogP contribution in [-0.2, 0) is 9.59 Å². The molecule has 0 bridgehead atoms. The number of carbonyl (C=O) groups excluding carboxylic acids is 1. The molecule has 0 spiro atoms. The second-order valence-corrected chi connectivity index (χ2v) is 9.70. The SMILES string of the molecule is CC(O)(CC[C@H]1[C@H](O)CC(=O)[C@@H]1CCCCCC(F)C(=O)O)CC1CCCCC1. The van der Waals surface area contributed by atoms with Crippen LogP contribution in [0, 0.1) is 17.8 Å². The Morgan fingerprint density at radius 2 is 1.86 bits per heavy atom. The van der Waals surface area contributed by atoms with E-state index in [0.717, 1.165) is 12.8 Å². The van der Waals surface area contributed by atoms with Crippen molar-refractivity contribution in [3.05, 3.63) is 0 Å². The van der Waals surface area contributed by atoms with Gasteiger partial charge in [-0.1, -0.05) is 44.9 Å². The highest BCUT2D eigenvalue weighted by molar-refractivity contribution is 5.84. The van der Waals surface area contributed by atoms with Crippen LogP contribution in [0.4, 0.5) is 4.39 Å². The first-order valence-electron chi connectivity index (χ1n) is 11.5. The fourth-order valence-electron chi connectivity index (χ4n) is 5.37. The highest BCUT2D eigenvalue weighted by Gasteiger charge is 2.41. The molecule has 3 N–H and O–H groups in total. The molecule has 2 unspecified atom stereocenters. The number of rotatable bonds is 12. The van der Waals surface area contributed by atoms with Gasteiger partial charge in [-0.05, 0) is 57.3 Å². The maximum absolute atomic E-state index is 13.1. The van der Waals surface area contributed by atoms with E-state index in [1.165, 1.54) is 32.1 Å². The fraction of sp³-hybridized carbons (Fsp3) is 0.913. The summed E-state index contributed by atoms with van der Waals surface area (Å²) in [6.07, 6.45) is 8.46. The van der Waals surface area contributed by atoms with Crippen molar-refractivity contribution < 1.29 is 29.3 Å². The fourth-order valence-corrected chi connectivity index (χ4v) is 5.37. The maximum atomic E-state index is 13.1. The molecule has 0 saturated heterocycles. The minimum Gasteiger partial charge on any atom is -0.479 e. The molecule has 0 radical (unpaired) electrons. The lowest BCUT2D eigenvalue weighted by atomic mass is 9.77. The Labute approximate surface area is 174 Å². The third-order valence-corrected chi connectivity index (χ3v) is 7.05. The first-order valence-corrected chi connectivity index (χ1v) is 11.5. The van der Waals surface area contributed by atoms with Crippen molar-refractivity contribution in [1.82, 2.24) is 0 Å². The number of ketones is 1. The van der Waals surface area contributed by atoms with Gasteiger partial charge in [-0.25, -0.2) is 9.18 Å². The summed E-state index contributed by atoms with van der Waals surface area (Å²) in [5.74, 6) is -1.07. The second-order valence-electron chi connectivity index (χ2n) is 9.70. The van der Waals surface area contributed by atoms with E-state index in [1.807, 2.05) is 6.92 Å². The van der Waals surface area contributed by atoms with E-state index >= 15 is 0 Å². The van der Waals surface area contributed by atoms with Crippen molar-refractivity contribution in [2.75, 3.05) is 0 Å². The average Bonchev–Trinajstić information content (AvgIpc) is 2.92. The van der Waals surface area contributed by atoms with E-state index < -0.39 is 23.8 Å². The summed E-state index contributed by atoms with van der Waals surface area (Å²) in [6, 6.07) is 0. The molecule has 2 saturated carbocycles. The van der Waals surface area contributed by atoms with Crippen molar-refractivity contribution in [2.24, 2.45) is 17.8 Å². The first-order chi connectivity index (χ1) is 13.7. The number of carboxylic acids is 1. The van der Waals surface area contributed by atoms with Gasteiger partial charge < -0.3 is 15.3 Å². The molecule has 0 aromatic heterocycles. The summed E-state index contributed by atoms with van der Waals surface area (Å²) in [5, 5.41) is 29.8. The molecule has 168 valence electrons. The number of Topliss-reactive ketones (excluding diaryl/α,β-unsaturated/α-hetero) is 1. The van der Waals surface area contributed by atoms with E-state index in [9.17, 15) is 24.2 Å². The Morgan fingerprint density at radius 3 is 2.52 bits per heavy atom. The smallest absolute Gasteiger partial charge is 0.338 e. The molecule has 5 nitrogen and oxygen atoms in total. The largest absolute Gasteiger partial charge is 0.479 e. The summed E-state index contributed by atoms with van der Waals surface area (Å²) in [4.78, 5) is 22.8. The molecule has 0 aromatic carbocycles. The molecular weight excluding hydrogens is 375 g/mol. The van der Waals surface area contributed by atoms with E-state index in [2.05, 4.69) is 0 Å². The van der Waals surface area contributed by atoms with Gasteiger partial charge in [0.1, 0.15) is 5.78 Å². The normalized spacial score (nSPS) is 29.0. The van der Waals surface area contributed by atoms with Crippen LogP contribution in [0.2, 0.25) is 0 Å². The van der Waals surface area contributed by atoms with Gasteiger partial charge in [0.15, 0.2) is 6.17 Å². The number of unbranched alkanes of at least 4 members (excludes halogenated alkanes) is 2. The number of aliphatic hydroxyl groups is 2. The Balaban J connectivity index is 1.76. The minimum absolute atomic E-state index is 0.00400. The van der Waals surface area contributed by atoms with Gasteiger partial charge in [-0.2, -0.15) is 0 Å². The lowest BCUT2D eigenvalue weighted by molar-refractivity contribution is -0.143. The Kier molecular flexibility index (Phi) is 9.54. The summed E-state index contributed by atoms with van der Waals surface area (Å²) < 4.78 is 13.1. The van der Waals surface area contributed by atoms with Crippen LogP contribution in [0.1, 0.15) is 96.8 Å². The molecular formula is C23H39FO5. The summed E-state index contributed by atoms with van der Waals surface area (Å²) >= 11 is 0. The predicted octanol–water partition coefficient (Wildman–Crippen LogP) is 4.43. The molecule has 2 fully saturated rings. The lowest BCUT2D eigenvalue weighted by Gasteiger charge is -2.32. The van der Waals surface area contributed by atoms with E-state index in [1.54, 1.807) is 0 Å². The zero-order valence-electron chi connectivity index (χ0n) is 17.8. The van der Waals surface area contributed by atoms with Crippen molar-refractivity contribution in [3.63, 3.8) is 0 Å². The zero-order chi connectivity index (χ0) is 21.4. The topological polar surface area (TPSA) is 94.8 Å². The number of alkyl halides is 1. The quantitative estimate of drug-likeness (QED) is 0.411. The summed E-state index contributed by atoms with van der Waals surface area (Å²) in [7, 11) is 0. The van der Waals surface area contributed by atoms with E-state index in [0.29, 0.717) is 38.0 Å². The number of carboxylic acid groups (broad SMARTS) is 1. The summed E-state index contributed by atoms with van der Waals surface area (Å²) in [5.41, 5.74) is -0.759. The maximum Gasteiger partial charge on any atom is 0.338 e. The molecule has 0 aromatic rings.